The number of carbonyl (C=O) groups excluding carboxylic acids is 2. The molecule has 1 atom stereocenters. The van der Waals surface area contributed by atoms with Crippen molar-refractivity contribution >= 4 is 17.6 Å². The second kappa shape index (κ2) is 8.70. The molecule has 0 unspecified atom stereocenters. The second-order valence-electron chi connectivity index (χ2n) is 6.80. The third kappa shape index (κ3) is 5.32. The van der Waals surface area contributed by atoms with Crippen LogP contribution in [-0.4, -0.2) is 34.4 Å². The molecule has 0 fully saturated rings. The quantitative estimate of drug-likeness (QED) is 0.754. The van der Waals surface area contributed by atoms with Gasteiger partial charge in [0.1, 0.15) is 5.75 Å². The molecule has 0 radical (unpaired) electrons. The number of carbonyl (C=O) groups is 2. The number of aryl methyl sites for hydroxylation is 2. The SMILES string of the molecule is Cc1nn(C)c(C)c1NC(=O)[C@H](C)OC(=O)COc1ccc(C(C)C)cc1. The highest BCUT2D eigenvalue weighted by Gasteiger charge is 2.21. The van der Waals surface area contributed by atoms with Crippen LogP contribution in [0.4, 0.5) is 5.69 Å². The summed E-state index contributed by atoms with van der Waals surface area (Å²) in [6.07, 6.45) is -0.941. The minimum Gasteiger partial charge on any atom is -0.482 e. The number of amides is 1. The number of esters is 1. The van der Waals surface area contributed by atoms with E-state index in [2.05, 4.69) is 24.3 Å². The van der Waals surface area contributed by atoms with Gasteiger partial charge < -0.3 is 14.8 Å². The fourth-order valence-electron chi connectivity index (χ4n) is 2.56. The Morgan fingerprint density at radius 2 is 1.78 bits per heavy atom. The molecule has 0 bridgehead atoms. The number of nitrogens with zero attached hydrogens (tertiary/aromatic N) is 2. The van der Waals surface area contributed by atoms with Crippen LogP contribution in [0, 0.1) is 13.8 Å². The first kappa shape index (κ1) is 20.5. The molecule has 1 aromatic heterocycles. The van der Waals surface area contributed by atoms with Crippen LogP contribution in [0.5, 0.6) is 5.75 Å². The zero-order valence-corrected chi connectivity index (χ0v) is 16.7. The molecular weight excluding hydrogens is 346 g/mol. The Balaban J connectivity index is 1.84. The predicted octanol–water partition coefficient (Wildman–Crippen LogP) is 3.11. The first-order valence-corrected chi connectivity index (χ1v) is 8.92. The van der Waals surface area contributed by atoms with Gasteiger partial charge in [0, 0.05) is 7.05 Å². The van der Waals surface area contributed by atoms with E-state index in [1.54, 1.807) is 18.7 Å². The molecule has 0 aliphatic heterocycles. The number of anilines is 1. The first-order chi connectivity index (χ1) is 12.7. The van der Waals surface area contributed by atoms with Crippen molar-refractivity contribution in [1.29, 1.82) is 0 Å². The summed E-state index contributed by atoms with van der Waals surface area (Å²) in [5.74, 6) is -0.0143. The Hall–Kier alpha value is -2.83. The third-order valence-electron chi connectivity index (χ3n) is 4.34. The van der Waals surface area contributed by atoms with Crippen molar-refractivity contribution in [3.05, 3.63) is 41.2 Å². The number of benzene rings is 1. The third-order valence-corrected chi connectivity index (χ3v) is 4.34. The van der Waals surface area contributed by atoms with Gasteiger partial charge >= 0.3 is 5.97 Å². The van der Waals surface area contributed by atoms with E-state index in [0.29, 0.717) is 23.0 Å². The maximum absolute atomic E-state index is 12.3. The zero-order chi connectivity index (χ0) is 20.1. The first-order valence-electron chi connectivity index (χ1n) is 8.92. The van der Waals surface area contributed by atoms with Crippen LogP contribution in [0.2, 0.25) is 0 Å². The van der Waals surface area contributed by atoms with Crippen molar-refractivity contribution in [2.75, 3.05) is 11.9 Å². The fourth-order valence-corrected chi connectivity index (χ4v) is 2.56. The largest absolute Gasteiger partial charge is 0.482 e. The van der Waals surface area contributed by atoms with Gasteiger partial charge in [-0.3, -0.25) is 9.48 Å². The predicted molar refractivity (Wildman–Crippen MR) is 103 cm³/mol. The monoisotopic (exact) mass is 373 g/mol. The Labute approximate surface area is 159 Å². The molecule has 7 nitrogen and oxygen atoms in total. The Morgan fingerprint density at radius 1 is 1.15 bits per heavy atom. The molecule has 146 valence electrons. The van der Waals surface area contributed by atoms with Crippen LogP contribution in [-0.2, 0) is 21.4 Å². The maximum Gasteiger partial charge on any atom is 0.344 e. The zero-order valence-electron chi connectivity index (χ0n) is 16.7. The van der Waals surface area contributed by atoms with Crippen molar-refractivity contribution in [1.82, 2.24) is 9.78 Å². The molecule has 27 heavy (non-hydrogen) atoms. The molecule has 0 spiro atoms. The van der Waals surface area contributed by atoms with Gasteiger partial charge in [-0.15, -0.1) is 0 Å². The molecule has 7 heteroatoms. The molecule has 0 saturated heterocycles. The molecule has 0 aliphatic carbocycles. The Kier molecular flexibility index (Phi) is 6.60. The van der Waals surface area contributed by atoms with E-state index in [-0.39, 0.29) is 6.61 Å². The van der Waals surface area contributed by atoms with Crippen molar-refractivity contribution in [2.24, 2.45) is 7.05 Å². The lowest BCUT2D eigenvalue weighted by Gasteiger charge is -2.14. The number of aromatic nitrogens is 2. The minimum atomic E-state index is -0.941. The summed E-state index contributed by atoms with van der Waals surface area (Å²) in [5.41, 5.74) is 3.35. The van der Waals surface area contributed by atoms with E-state index in [9.17, 15) is 9.59 Å². The lowest BCUT2D eigenvalue weighted by Crippen LogP contribution is -2.32. The van der Waals surface area contributed by atoms with E-state index >= 15 is 0 Å². The van der Waals surface area contributed by atoms with Crippen molar-refractivity contribution < 1.29 is 19.1 Å². The summed E-state index contributed by atoms with van der Waals surface area (Å²) in [5, 5.41) is 6.99. The van der Waals surface area contributed by atoms with Crippen molar-refractivity contribution in [3.63, 3.8) is 0 Å². The van der Waals surface area contributed by atoms with Crippen LogP contribution < -0.4 is 10.1 Å². The molecule has 0 saturated carbocycles. The topological polar surface area (TPSA) is 82.5 Å². The Morgan fingerprint density at radius 3 is 2.30 bits per heavy atom. The number of hydrogen-bond acceptors (Lipinski definition) is 5. The van der Waals surface area contributed by atoms with E-state index in [1.165, 1.54) is 12.5 Å². The average molecular weight is 373 g/mol. The van der Waals surface area contributed by atoms with Crippen LogP contribution >= 0.6 is 0 Å². The molecule has 1 aromatic carbocycles. The van der Waals surface area contributed by atoms with Crippen molar-refractivity contribution in [2.45, 2.75) is 46.6 Å². The standard InChI is InChI=1S/C20H27N3O4/c1-12(2)16-7-9-17(10-8-16)26-11-18(24)27-15(5)20(25)21-19-13(3)22-23(6)14(19)4/h7-10,12,15H,11H2,1-6H3,(H,21,25)/t15-/m0/s1. The molecular formula is C20H27N3O4. The van der Waals surface area contributed by atoms with E-state index in [1.807, 2.05) is 31.2 Å². The fraction of sp³-hybridized carbons (Fsp3) is 0.450. The highest BCUT2D eigenvalue weighted by Crippen LogP contribution is 2.20. The summed E-state index contributed by atoms with van der Waals surface area (Å²) in [6, 6.07) is 7.54. The van der Waals surface area contributed by atoms with Gasteiger partial charge in [-0.1, -0.05) is 26.0 Å². The van der Waals surface area contributed by atoms with Gasteiger partial charge in [-0.25, -0.2) is 4.79 Å². The van der Waals surface area contributed by atoms with Gasteiger partial charge in [0.25, 0.3) is 5.91 Å². The molecule has 2 rings (SSSR count). The van der Waals surface area contributed by atoms with Gasteiger partial charge in [-0.2, -0.15) is 5.10 Å². The lowest BCUT2D eigenvalue weighted by molar-refractivity contribution is -0.155. The van der Waals surface area contributed by atoms with E-state index in [4.69, 9.17) is 9.47 Å². The van der Waals surface area contributed by atoms with Gasteiger partial charge in [0.2, 0.25) is 0 Å². The normalized spacial score (nSPS) is 12.0. The summed E-state index contributed by atoms with van der Waals surface area (Å²) in [7, 11) is 1.80. The van der Waals surface area contributed by atoms with Crippen LogP contribution in [0.15, 0.2) is 24.3 Å². The molecule has 1 amide bonds. The van der Waals surface area contributed by atoms with Gasteiger partial charge in [-0.05, 0) is 44.4 Å². The van der Waals surface area contributed by atoms with Gasteiger partial charge in [0.05, 0.1) is 17.1 Å². The van der Waals surface area contributed by atoms with Crippen LogP contribution in [0.3, 0.4) is 0 Å². The number of rotatable bonds is 7. The highest BCUT2D eigenvalue weighted by atomic mass is 16.6. The summed E-state index contributed by atoms with van der Waals surface area (Å²) >= 11 is 0. The molecule has 1 heterocycles. The maximum atomic E-state index is 12.3. The Bertz CT molecular complexity index is 809. The lowest BCUT2D eigenvalue weighted by atomic mass is 10.0. The van der Waals surface area contributed by atoms with Crippen LogP contribution in [0.25, 0.3) is 0 Å². The number of nitrogens with one attached hydrogen (secondary N) is 1. The van der Waals surface area contributed by atoms with E-state index in [0.717, 1.165) is 5.69 Å². The summed E-state index contributed by atoms with van der Waals surface area (Å²) in [6.45, 7) is 9.12. The average Bonchev–Trinajstić information content (AvgIpc) is 2.86. The summed E-state index contributed by atoms with van der Waals surface area (Å²) < 4.78 is 12.3. The van der Waals surface area contributed by atoms with Crippen LogP contribution in [0.1, 0.15) is 43.6 Å². The second-order valence-corrected chi connectivity index (χ2v) is 6.80. The molecule has 0 aliphatic rings. The smallest absolute Gasteiger partial charge is 0.344 e. The minimum absolute atomic E-state index is 0.260. The van der Waals surface area contributed by atoms with E-state index < -0.39 is 18.0 Å². The molecule has 1 N–H and O–H groups in total. The number of hydrogen-bond donors (Lipinski definition) is 1. The van der Waals surface area contributed by atoms with Crippen molar-refractivity contribution in [3.8, 4) is 5.75 Å². The summed E-state index contributed by atoms with van der Waals surface area (Å²) in [4.78, 5) is 24.2. The number of ether oxygens (including phenoxy) is 2. The highest BCUT2D eigenvalue weighted by molar-refractivity contribution is 5.96. The molecule has 2 aromatic rings. The van der Waals surface area contributed by atoms with Gasteiger partial charge in [0.15, 0.2) is 12.7 Å².